The number of fused-ring (bicyclic) bond motifs is 3. The van der Waals surface area contributed by atoms with E-state index >= 15 is 0 Å². The second kappa shape index (κ2) is 11.8. The molecule has 0 atom stereocenters. The van der Waals surface area contributed by atoms with Crippen LogP contribution in [0, 0.1) is 5.82 Å². The van der Waals surface area contributed by atoms with E-state index in [9.17, 15) is 4.39 Å². The number of rotatable bonds is 7. The predicted molar refractivity (Wildman–Crippen MR) is 190 cm³/mol. The van der Waals surface area contributed by atoms with E-state index in [1.165, 1.54) is 17.5 Å². The second-order valence-electron chi connectivity index (χ2n) is 11.2. The Kier molecular flexibility index (Phi) is 7.01. The van der Waals surface area contributed by atoms with E-state index in [1.54, 1.807) is 0 Å². The molecule has 0 unspecified atom stereocenters. The van der Waals surface area contributed by atoms with Gasteiger partial charge in [-0.3, -0.25) is 0 Å². The molecule has 8 rings (SSSR count). The molecule has 220 valence electrons. The molecule has 0 amide bonds. The topological polar surface area (TPSA) is 11.4 Å². The molecule has 7 aromatic carbocycles. The van der Waals surface area contributed by atoms with Gasteiger partial charge in [-0.05, 0) is 109 Å². The van der Waals surface area contributed by atoms with Crippen molar-refractivity contribution in [2.75, 3.05) is 9.80 Å². The van der Waals surface area contributed by atoms with Crippen LogP contribution in [-0.4, -0.2) is 4.57 Å². The summed E-state index contributed by atoms with van der Waals surface area (Å²) in [5, 5.41) is 2.33. The van der Waals surface area contributed by atoms with E-state index in [0.717, 1.165) is 56.2 Å². The average molecular weight is 596 g/mol. The van der Waals surface area contributed by atoms with Crippen LogP contribution in [0.4, 0.5) is 38.5 Å². The number of hydrogen-bond acceptors (Lipinski definition) is 2. The van der Waals surface area contributed by atoms with Crippen molar-refractivity contribution in [1.29, 1.82) is 0 Å². The summed E-state index contributed by atoms with van der Waals surface area (Å²) in [4.78, 5) is 4.43. The lowest BCUT2D eigenvalue weighted by Crippen LogP contribution is -2.12. The van der Waals surface area contributed by atoms with Gasteiger partial charge >= 0.3 is 0 Å². The van der Waals surface area contributed by atoms with E-state index in [1.807, 2.05) is 30.3 Å². The Labute approximate surface area is 267 Å². The highest BCUT2D eigenvalue weighted by Gasteiger charge is 2.18. The third-order valence-electron chi connectivity index (χ3n) is 8.41. The molecule has 0 N–H and O–H groups in total. The molecule has 0 aliphatic rings. The predicted octanol–water partition coefficient (Wildman–Crippen LogP) is 11.9. The van der Waals surface area contributed by atoms with Crippen LogP contribution in [0.2, 0.25) is 0 Å². The van der Waals surface area contributed by atoms with Crippen LogP contribution < -0.4 is 9.80 Å². The normalized spacial score (nSPS) is 11.2. The van der Waals surface area contributed by atoms with E-state index in [0.29, 0.717) is 0 Å². The third kappa shape index (κ3) is 4.96. The smallest absolute Gasteiger partial charge is 0.123 e. The van der Waals surface area contributed by atoms with Crippen molar-refractivity contribution in [3.8, 4) is 5.69 Å². The molecular weight excluding hydrogens is 565 g/mol. The molecule has 8 aromatic rings. The molecule has 0 spiro atoms. The van der Waals surface area contributed by atoms with E-state index in [4.69, 9.17) is 0 Å². The maximum absolute atomic E-state index is 14.1. The van der Waals surface area contributed by atoms with Gasteiger partial charge in [0, 0.05) is 50.6 Å². The summed E-state index contributed by atoms with van der Waals surface area (Å²) in [5.74, 6) is -0.262. The highest BCUT2D eigenvalue weighted by molar-refractivity contribution is 6.10. The van der Waals surface area contributed by atoms with Gasteiger partial charge in [0.1, 0.15) is 5.82 Å². The van der Waals surface area contributed by atoms with Gasteiger partial charge in [-0.2, -0.15) is 0 Å². The van der Waals surface area contributed by atoms with Gasteiger partial charge in [0.25, 0.3) is 0 Å². The molecule has 1 aromatic heterocycles. The van der Waals surface area contributed by atoms with Crippen molar-refractivity contribution >= 4 is 55.9 Å². The molecular formula is C42H30FN3. The lowest BCUT2D eigenvalue weighted by molar-refractivity contribution is 0.628. The maximum atomic E-state index is 14.1. The van der Waals surface area contributed by atoms with Gasteiger partial charge in [-0.15, -0.1) is 0 Å². The van der Waals surface area contributed by atoms with Gasteiger partial charge < -0.3 is 14.4 Å². The molecule has 46 heavy (non-hydrogen) atoms. The van der Waals surface area contributed by atoms with Crippen molar-refractivity contribution in [3.63, 3.8) is 0 Å². The Bertz CT molecular complexity index is 2200. The summed E-state index contributed by atoms with van der Waals surface area (Å²) in [6, 6.07) is 61.6. The maximum Gasteiger partial charge on any atom is 0.123 e. The van der Waals surface area contributed by atoms with Gasteiger partial charge in [0.2, 0.25) is 0 Å². The van der Waals surface area contributed by atoms with Gasteiger partial charge in [-0.1, -0.05) is 72.8 Å². The summed E-state index contributed by atoms with van der Waals surface area (Å²) in [6.07, 6.45) is 0. The fourth-order valence-corrected chi connectivity index (χ4v) is 6.34. The SMILES string of the molecule is Fc1ccc(N(c2ccc(N(c3ccccc3)c3ccccc3)cc2)c2ccc3c(c2)c2ccccc2n3-c2ccccc2)cc1. The van der Waals surface area contributed by atoms with Crippen LogP contribution in [0.3, 0.4) is 0 Å². The molecule has 0 aliphatic carbocycles. The molecule has 4 heteroatoms. The number of para-hydroxylation sites is 4. The summed E-state index contributed by atoms with van der Waals surface area (Å²) in [5.41, 5.74) is 9.45. The van der Waals surface area contributed by atoms with Gasteiger partial charge in [0.05, 0.1) is 11.0 Å². The summed E-state index contributed by atoms with van der Waals surface area (Å²) in [7, 11) is 0. The summed E-state index contributed by atoms with van der Waals surface area (Å²) in [6.45, 7) is 0. The van der Waals surface area contributed by atoms with E-state index in [2.05, 4.69) is 154 Å². The minimum Gasteiger partial charge on any atom is -0.311 e. The molecule has 0 bridgehead atoms. The van der Waals surface area contributed by atoms with Crippen LogP contribution >= 0.6 is 0 Å². The molecule has 1 heterocycles. The number of halogens is 1. The Morgan fingerprint density at radius 1 is 0.348 bits per heavy atom. The number of benzene rings is 7. The molecule has 3 nitrogen and oxygen atoms in total. The van der Waals surface area contributed by atoms with Crippen molar-refractivity contribution < 1.29 is 4.39 Å². The van der Waals surface area contributed by atoms with Crippen molar-refractivity contribution in [2.45, 2.75) is 0 Å². The second-order valence-corrected chi connectivity index (χ2v) is 11.2. The van der Waals surface area contributed by atoms with Crippen LogP contribution in [0.25, 0.3) is 27.5 Å². The lowest BCUT2D eigenvalue weighted by Gasteiger charge is -2.28. The quantitative estimate of drug-likeness (QED) is 0.182. The molecule has 0 aliphatic heterocycles. The van der Waals surface area contributed by atoms with Crippen LogP contribution in [0.5, 0.6) is 0 Å². The number of nitrogens with zero attached hydrogens (tertiary/aromatic N) is 3. The first-order valence-electron chi connectivity index (χ1n) is 15.4. The largest absolute Gasteiger partial charge is 0.311 e. The first-order chi connectivity index (χ1) is 22.7. The van der Waals surface area contributed by atoms with Crippen molar-refractivity contribution in [3.05, 3.63) is 188 Å². The van der Waals surface area contributed by atoms with Gasteiger partial charge in [0.15, 0.2) is 0 Å². The number of anilines is 6. The van der Waals surface area contributed by atoms with Crippen molar-refractivity contribution in [1.82, 2.24) is 4.57 Å². The van der Waals surface area contributed by atoms with E-state index in [-0.39, 0.29) is 5.82 Å². The fourth-order valence-electron chi connectivity index (χ4n) is 6.34. The monoisotopic (exact) mass is 595 g/mol. The van der Waals surface area contributed by atoms with E-state index < -0.39 is 0 Å². The minimum absolute atomic E-state index is 0.262. The Hall–Kier alpha value is -6.13. The standard InChI is InChI=1S/C42H30FN3/c43-31-20-22-35(23-21-31)45(37-26-24-36(25-27-37)44(32-12-4-1-5-13-32)33-14-6-2-7-15-33)38-28-29-42-40(30-38)39-18-10-11-19-41(39)46(42)34-16-8-3-9-17-34/h1-30H. The first-order valence-corrected chi connectivity index (χ1v) is 15.4. The van der Waals surface area contributed by atoms with Gasteiger partial charge in [-0.25, -0.2) is 4.39 Å². The highest BCUT2D eigenvalue weighted by atomic mass is 19.1. The zero-order valence-electron chi connectivity index (χ0n) is 25.0. The first kappa shape index (κ1) is 27.4. The molecule has 0 fully saturated rings. The number of aromatic nitrogens is 1. The summed E-state index contributed by atoms with van der Waals surface area (Å²) >= 11 is 0. The minimum atomic E-state index is -0.262. The zero-order chi connectivity index (χ0) is 30.9. The molecule has 0 saturated carbocycles. The third-order valence-corrected chi connectivity index (χ3v) is 8.41. The average Bonchev–Trinajstić information content (AvgIpc) is 3.45. The highest BCUT2D eigenvalue weighted by Crippen LogP contribution is 2.41. The van der Waals surface area contributed by atoms with Crippen LogP contribution in [0.1, 0.15) is 0 Å². The zero-order valence-corrected chi connectivity index (χ0v) is 25.0. The fraction of sp³-hybridized carbons (Fsp3) is 0. The van der Waals surface area contributed by atoms with Crippen molar-refractivity contribution in [2.24, 2.45) is 0 Å². The van der Waals surface area contributed by atoms with Crippen LogP contribution in [0.15, 0.2) is 182 Å². The number of hydrogen-bond donors (Lipinski definition) is 0. The lowest BCUT2D eigenvalue weighted by atomic mass is 10.1. The van der Waals surface area contributed by atoms with Crippen LogP contribution in [-0.2, 0) is 0 Å². The molecule has 0 radical (unpaired) electrons. The Morgan fingerprint density at radius 2 is 0.761 bits per heavy atom. The molecule has 0 saturated heterocycles. The summed E-state index contributed by atoms with van der Waals surface area (Å²) < 4.78 is 16.5. The Balaban J connectivity index is 1.27. The Morgan fingerprint density at radius 3 is 1.35 bits per heavy atom.